The van der Waals surface area contributed by atoms with Crippen molar-refractivity contribution < 1.29 is 14.1 Å². The summed E-state index contributed by atoms with van der Waals surface area (Å²) in [4.78, 5) is 22.8. The first-order chi connectivity index (χ1) is 12.9. The van der Waals surface area contributed by atoms with Gasteiger partial charge in [0, 0.05) is 17.2 Å². The number of nitro groups is 1. The normalized spacial score (nSPS) is 10.6. The van der Waals surface area contributed by atoms with Gasteiger partial charge in [-0.1, -0.05) is 24.6 Å². The number of halogens is 2. The van der Waals surface area contributed by atoms with E-state index < -0.39 is 16.6 Å². The van der Waals surface area contributed by atoms with Crippen molar-refractivity contribution in [2.75, 3.05) is 5.32 Å². The van der Waals surface area contributed by atoms with Crippen molar-refractivity contribution in [1.82, 2.24) is 9.78 Å². The summed E-state index contributed by atoms with van der Waals surface area (Å²) in [6, 6.07) is 9.91. The summed E-state index contributed by atoms with van der Waals surface area (Å²) >= 11 is 6.01. The smallest absolute Gasteiger partial charge is 0.271 e. The summed E-state index contributed by atoms with van der Waals surface area (Å²) in [5, 5.41) is 18.0. The number of nitrogens with zero attached hydrogens (tertiary/aromatic N) is 3. The summed E-state index contributed by atoms with van der Waals surface area (Å²) in [6.07, 6.45) is 1.84. The highest BCUT2D eigenvalue weighted by Crippen LogP contribution is 2.23. The molecule has 3 rings (SSSR count). The molecular formula is C18H14ClFN4O3. The van der Waals surface area contributed by atoms with Crippen molar-refractivity contribution in [3.8, 4) is 5.69 Å². The molecular weight excluding hydrogens is 375 g/mol. The SMILES string of the molecule is CCc1c(C(=O)Nc2cc([N+](=O)[O-])ccc2F)cnn1-c1cccc(Cl)c1. The van der Waals surface area contributed by atoms with Crippen LogP contribution in [0.4, 0.5) is 15.8 Å². The molecule has 0 aliphatic rings. The second kappa shape index (κ2) is 7.55. The van der Waals surface area contributed by atoms with Gasteiger partial charge >= 0.3 is 0 Å². The van der Waals surface area contributed by atoms with Crippen LogP contribution < -0.4 is 5.32 Å². The van der Waals surface area contributed by atoms with Crippen LogP contribution in [0, 0.1) is 15.9 Å². The molecule has 0 radical (unpaired) electrons. The van der Waals surface area contributed by atoms with Gasteiger partial charge < -0.3 is 5.32 Å². The van der Waals surface area contributed by atoms with Crippen LogP contribution in [-0.2, 0) is 6.42 Å². The number of amides is 1. The number of aromatic nitrogens is 2. The fourth-order valence-corrected chi connectivity index (χ4v) is 2.83. The van der Waals surface area contributed by atoms with Gasteiger partial charge in [0.25, 0.3) is 11.6 Å². The summed E-state index contributed by atoms with van der Waals surface area (Å²) in [6.45, 7) is 1.85. The average Bonchev–Trinajstić information content (AvgIpc) is 3.07. The van der Waals surface area contributed by atoms with Crippen molar-refractivity contribution in [1.29, 1.82) is 0 Å². The first-order valence-corrected chi connectivity index (χ1v) is 8.36. The van der Waals surface area contributed by atoms with E-state index >= 15 is 0 Å². The first-order valence-electron chi connectivity index (χ1n) is 7.98. The minimum atomic E-state index is -0.769. The van der Waals surface area contributed by atoms with E-state index in [1.165, 1.54) is 6.20 Å². The molecule has 0 saturated heterocycles. The molecule has 138 valence electrons. The minimum absolute atomic E-state index is 0.239. The summed E-state index contributed by atoms with van der Waals surface area (Å²) in [7, 11) is 0. The molecule has 27 heavy (non-hydrogen) atoms. The van der Waals surface area contributed by atoms with Gasteiger partial charge in [0.05, 0.1) is 33.8 Å². The molecule has 0 atom stereocenters. The monoisotopic (exact) mass is 388 g/mol. The Kier molecular flexibility index (Phi) is 5.18. The van der Waals surface area contributed by atoms with Crippen LogP contribution >= 0.6 is 11.6 Å². The highest BCUT2D eigenvalue weighted by molar-refractivity contribution is 6.30. The van der Waals surface area contributed by atoms with Crippen LogP contribution in [0.3, 0.4) is 0 Å². The Morgan fingerprint density at radius 2 is 2.11 bits per heavy atom. The van der Waals surface area contributed by atoms with Crippen LogP contribution in [-0.4, -0.2) is 20.6 Å². The Hall–Kier alpha value is -3.26. The Morgan fingerprint density at radius 1 is 1.33 bits per heavy atom. The van der Waals surface area contributed by atoms with Crippen LogP contribution in [0.5, 0.6) is 0 Å². The number of carbonyl (C=O) groups is 1. The molecule has 1 heterocycles. The van der Waals surface area contributed by atoms with E-state index in [2.05, 4.69) is 10.4 Å². The van der Waals surface area contributed by atoms with Crippen molar-refractivity contribution in [2.24, 2.45) is 0 Å². The highest BCUT2D eigenvalue weighted by atomic mass is 35.5. The summed E-state index contributed by atoms with van der Waals surface area (Å²) in [5.74, 6) is -1.38. The van der Waals surface area contributed by atoms with E-state index in [0.717, 1.165) is 18.2 Å². The van der Waals surface area contributed by atoms with Crippen molar-refractivity contribution in [2.45, 2.75) is 13.3 Å². The fourth-order valence-electron chi connectivity index (χ4n) is 2.65. The van der Waals surface area contributed by atoms with E-state index in [0.29, 0.717) is 22.8 Å². The number of hydrogen-bond donors (Lipinski definition) is 1. The Bertz CT molecular complexity index is 1040. The zero-order chi connectivity index (χ0) is 19.6. The third-order valence-electron chi connectivity index (χ3n) is 3.91. The van der Waals surface area contributed by atoms with E-state index in [1.54, 1.807) is 28.9 Å². The van der Waals surface area contributed by atoms with Gasteiger partial charge in [-0.3, -0.25) is 14.9 Å². The number of rotatable bonds is 5. The molecule has 3 aromatic rings. The predicted octanol–water partition coefficient (Wildman–Crippen LogP) is 4.39. The fraction of sp³-hybridized carbons (Fsp3) is 0.111. The molecule has 0 spiro atoms. The van der Waals surface area contributed by atoms with E-state index in [4.69, 9.17) is 11.6 Å². The van der Waals surface area contributed by atoms with Gasteiger partial charge in [0.1, 0.15) is 5.82 Å². The van der Waals surface area contributed by atoms with Gasteiger partial charge in [-0.25, -0.2) is 9.07 Å². The second-order valence-corrected chi connectivity index (χ2v) is 6.06. The molecule has 0 aliphatic carbocycles. The quantitative estimate of drug-likeness (QED) is 0.518. The van der Waals surface area contributed by atoms with Gasteiger partial charge in [0.15, 0.2) is 0 Å². The van der Waals surface area contributed by atoms with E-state index in [1.807, 2.05) is 6.92 Å². The number of carbonyl (C=O) groups excluding carboxylic acids is 1. The second-order valence-electron chi connectivity index (χ2n) is 5.63. The largest absolute Gasteiger partial charge is 0.319 e. The highest BCUT2D eigenvalue weighted by Gasteiger charge is 2.20. The first kappa shape index (κ1) is 18.5. The van der Waals surface area contributed by atoms with Crippen molar-refractivity contribution in [3.63, 3.8) is 0 Å². The number of nitrogens with one attached hydrogen (secondary N) is 1. The standard InChI is InChI=1S/C18H14ClFN4O3/c1-2-17-14(10-21-23(17)12-5-3-4-11(19)8-12)18(25)22-16-9-13(24(26)27)6-7-15(16)20/h3-10H,2H2,1H3,(H,22,25). The lowest BCUT2D eigenvalue weighted by Crippen LogP contribution is -2.15. The molecule has 0 saturated carbocycles. The zero-order valence-corrected chi connectivity index (χ0v) is 14.9. The summed E-state index contributed by atoms with van der Waals surface area (Å²) in [5.41, 5.74) is 0.924. The summed E-state index contributed by atoms with van der Waals surface area (Å²) < 4.78 is 15.5. The third kappa shape index (κ3) is 3.80. The maximum atomic E-state index is 13.9. The van der Waals surface area contributed by atoms with Crippen LogP contribution in [0.25, 0.3) is 5.69 Å². The van der Waals surface area contributed by atoms with E-state index in [-0.39, 0.29) is 16.9 Å². The van der Waals surface area contributed by atoms with Gasteiger partial charge in [-0.05, 0) is 30.7 Å². The number of anilines is 1. The van der Waals surface area contributed by atoms with Crippen molar-refractivity contribution in [3.05, 3.63) is 80.9 Å². The van der Waals surface area contributed by atoms with Crippen LogP contribution in [0.2, 0.25) is 5.02 Å². The molecule has 9 heteroatoms. The van der Waals surface area contributed by atoms with Gasteiger partial charge in [0.2, 0.25) is 0 Å². The maximum absolute atomic E-state index is 13.9. The molecule has 0 unspecified atom stereocenters. The van der Waals surface area contributed by atoms with Crippen molar-refractivity contribution >= 4 is 28.9 Å². The Morgan fingerprint density at radius 3 is 2.78 bits per heavy atom. The molecule has 7 nitrogen and oxygen atoms in total. The topological polar surface area (TPSA) is 90.1 Å². The number of non-ortho nitro benzene ring substituents is 1. The molecule has 1 aromatic heterocycles. The number of hydrogen-bond acceptors (Lipinski definition) is 4. The predicted molar refractivity (Wildman–Crippen MR) is 99.0 cm³/mol. The molecule has 0 aliphatic heterocycles. The number of nitro benzene ring substituents is 1. The molecule has 0 bridgehead atoms. The van der Waals surface area contributed by atoms with E-state index in [9.17, 15) is 19.3 Å². The average molecular weight is 389 g/mol. The van der Waals surface area contributed by atoms with Crippen LogP contribution in [0.1, 0.15) is 23.0 Å². The van der Waals surface area contributed by atoms with Crippen LogP contribution in [0.15, 0.2) is 48.7 Å². The van der Waals surface area contributed by atoms with Gasteiger partial charge in [-0.15, -0.1) is 0 Å². The van der Waals surface area contributed by atoms with Gasteiger partial charge in [-0.2, -0.15) is 5.10 Å². The lowest BCUT2D eigenvalue weighted by molar-refractivity contribution is -0.384. The minimum Gasteiger partial charge on any atom is -0.319 e. The molecule has 1 N–H and O–H groups in total. The zero-order valence-electron chi connectivity index (χ0n) is 14.1. The maximum Gasteiger partial charge on any atom is 0.271 e. The number of benzene rings is 2. The molecule has 2 aromatic carbocycles. The lowest BCUT2D eigenvalue weighted by Gasteiger charge is -2.09. The molecule has 0 fully saturated rings. The molecule has 1 amide bonds. The third-order valence-corrected chi connectivity index (χ3v) is 4.15. The lowest BCUT2D eigenvalue weighted by atomic mass is 10.1. The Balaban J connectivity index is 1.94. The Labute approximate surface area is 158 Å².